The number of imidazole rings is 1. The number of amides is 2. The fourth-order valence-corrected chi connectivity index (χ4v) is 2.97. The Morgan fingerprint density at radius 1 is 1.36 bits per heavy atom. The first-order chi connectivity index (χ1) is 10.5. The third-order valence-corrected chi connectivity index (χ3v) is 4.20. The summed E-state index contributed by atoms with van der Waals surface area (Å²) >= 11 is 0. The van der Waals surface area contributed by atoms with Gasteiger partial charge >= 0.3 is 0 Å². The van der Waals surface area contributed by atoms with Gasteiger partial charge in [0.2, 0.25) is 5.91 Å². The average Bonchev–Trinajstić information content (AvgIpc) is 2.90. The van der Waals surface area contributed by atoms with Gasteiger partial charge in [-0.15, -0.1) is 0 Å². The Kier molecular flexibility index (Phi) is 3.56. The summed E-state index contributed by atoms with van der Waals surface area (Å²) in [5.41, 5.74) is 5.93. The van der Waals surface area contributed by atoms with Gasteiger partial charge in [0, 0.05) is 25.9 Å². The van der Waals surface area contributed by atoms with Crippen LogP contribution in [0.15, 0.2) is 12.1 Å². The highest BCUT2D eigenvalue weighted by atomic mass is 19.1. The molecule has 1 saturated heterocycles. The molecule has 0 atom stereocenters. The second-order valence-corrected chi connectivity index (χ2v) is 5.59. The number of hydrogen-bond acceptors (Lipinski definition) is 3. The number of halogens is 1. The van der Waals surface area contributed by atoms with E-state index in [1.54, 1.807) is 17.9 Å². The maximum absolute atomic E-state index is 13.8. The molecule has 1 aliphatic heterocycles. The lowest BCUT2D eigenvalue weighted by atomic mass is 9.96. The van der Waals surface area contributed by atoms with Crippen LogP contribution >= 0.6 is 0 Å². The van der Waals surface area contributed by atoms with Crippen LogP contribution in [0.3, 0.4) is 0 Å². The van der Waals surface area contributed by atoms with Crippen molar-refractivity contribution in [1.29, 1.82) is 0 Å². The summed E-state index contributed by atoms with van der Waals surface area (Å²) in [6.45, 7) is 2.91. The van der Waals surface area contributed by atoms with Crippen molar-refractivity contribution in [2.75, 3.05) is 13.1 Å². The van der Waals surface area contributed by atoms with E-state index in [9.17, 15) is 14.0 Å². The molecule has 1 fully saturated rings. The highest BCUT2D eigenvalue weighted by molar-refractivity contribution is 6.04. The molecule has 116 valence electrons. The molecule has 1 aromatic carbocycles. The number of fused-ring (bicyclic) bond motifs is 1. The van der Waals surface area contributed by atoms with Crippen LogP contribution in [0, 0.1) is 5.82 Å². The number of nitrogens with zero attached hydrogens (tertiary/aromatic N) is 2. The molecule has 2 heterocycles. The molecule has 0 aliphatic carbocycles. The molecule has 2 amide bonds. The van der Waals surface area contributed by atoms with Gasteiger partial charge in [0.05, 0.1) is 5.52 Å². The lowest BCUT2D eigenvalue weighted by molar-refractivity contribution is -0.129. The molecule has 0 unspecified atom stereocenters. The number of carbonyl (C=O) groups is 2. The van der Waals surface area contributed by atoms with E-state index in [1.807, 2.05) is 0 Å². The van der Waals surface area contributed by atoms with Crippen molar-refractivity contribution in [3.05, 3.63) is 29.3 Å². The summed E-state index contributed by atoms with van der Waals surface area (Å²) in [5.74, 6) is -0.545. The zero-order valence-electron chi connectivity index (χ0n) is 12.2. The highest BCUT2D eigenvalue weighted by Gasteiger charge is 2.25. The molecule has 0 saturated carbocycles. The van der Waals surface area contributed by atoms with Gasteiger partial charge < -0.3 is 15.6 Å². The van der Waals surface area contributed by atoms with Gasteiger partial charge in [-0.25, -0.2) is 9.37 Å². The molecule has 3 N–H and O–H groups in total. The van der Waals surface area contributed by atoms with Crippen molar-refractivity contribution in [3.63, 3.8) is 0 Å². The minimum atomic E-state index is -0.826. The Labute approximate surface area is 126 Å². The molecule has 0 spiro atoms. The Bertz CT molecular complexity index is 747. The quantitative estimate of drug-likeness (QED) is 0.881. The number of aromatic amines is 1. The maximum atomic E-state index is 13.8. The monoisotopic (exact) mass is 304 g/mol. The number of primary amides is 1. The first kappa shape index (κ1) is 14.5. The minimum Gasteiger partial charge on any atom is -0.365 e. The first-order valence-corrected chi connectivity index (χ1v) is 7.21. The lowest BCUT2D eigenvalue weighted by Gasteiger charge is -2.30. The Morgan fingerprint density at radius 2 is 2.05 bits per heavy atom. The summed E-state index contributed by atoms with van der Waals surface area (Å²) in [7, 11) is 0. The third kappa shape index (κ3) is 2.43. The van der Waals surface area contributed by atoms with Crippen molar-refractivity contribution in [3.8, 4) is 0 Å². The van der Waals surface area contributed by atoms with Gasteiger partial charge in [-0.3, -0.25) is 9.59 Å². The Balaban J connectivity index is 1.92. The van der Waals surface area contributed by atoms with Crippen molar-refractivity contribution in [1.82, 2.24) is 14.9 Å². The minimum absolute atomic E-state index is 0.0705. The maximum Gasteiger partial charge on any atom is 0.253 e. The van der Waals surface area contributed by atoms with Crippen molar-refractivity contribution in [2.24, 2.45) is 5.73 Å². The SMILES string of the molecule is CC(=O)N1CCC(c2nc3c(C(N)=O)c(F)ccc3[nH]2)CC1. The molecule has 3 rings (SSSR count). The number of aromatic nitrogens is 2. The number of nitrogens with two attached hydrogens (primary N) is 1. The molecule has 0 bridgehead atoms. The molecular formula is C15H17FN4O2. The second kappa shape index (κ2) is 5.40. The summed E-state index contributed by atoms with van der Waals surface area (Å²) in [6.07, 6.45) is 1.57. The lowest BCUT2D eigenvalue weighted by Crippen LogP contribution is -2.36. The zero-order valence-corrected chi connectivity index (χ0v) is 12.2. The highest BCUT2D eigenvalue weighted by Crippen LogP contribution is 2.29. The van der Waals surface area contributed by atoms with Crippen LogP contribution in [0.25, 0.3) is 11.0 Å². The van der Waals surface area contributed by atoms with E-state index >= 15 is 0 Å². The Morgan fingerprint density at radius 3 is 2.64 bits per heavy atom. The average molecular weight is 304 g/mol. The van der Waals surface area contributed by atoms with Gasteiger partial charge in [-0.05, 0) is 25.0 Å². The summed E-state index contributed by atoms with van der Waals surface area (Å²) in [6, 6.07) is 2.76. The smallest absolute Gasteiger partial charge is 0.253 e. The molecular weight excluding hydrogens is 287 g/mol. The number of likely N-dealkylation sites (tertiary alicyclic amines) is 1. The van der Waals surface area contributed by atoms with Crippen LogP contribution in [0.5, 0.6) is 0 Å². The molecule has 6 nitrogen and oxygen atoms in total. The fraction of sp³-hybridized carbons (Fsp3) is 0.400. The molecule has 7 heteroatoms. The predicted molar refractivity (Wildman–Crippen MR) is 78.8 cm³/mol. The normalized spacial score (nSPS) is 16.2. The van der Waals surface area contributed by atoms with E-state index in [1.165, 1.54) is 6.07 Å². The van der Waals surface area contributed by atoms with Gasteiger partial charge in [0.25, 0.3) is 5.91 Å². The zero-order chi connectivity index (χ0) is 15.9. The van der Waals surface area contributed by atoms with Crippen molar-refractivity contribution >= 4 is 22.8 Å². The van der Waals surface area contributed by atoms with Crippen LogP contribution in [-0.4, -0.2) is 39.8 Å². The number of H-pyrrole nitrogens is 1. The van der Waals surface area contributed by atoms with Crippen LogP contribution < -0.4 is 5.73 Å². The van der Waals surface area contributed by atoms with E-state index in [2.05, 4.69) is 9.97 Å². The largest absolute Gasteiger partial charge is 0.365 e. The molecule has 22 heavy (non-hydrogen) atoms. The third-order valence-electron chi connectivity index (χ3n) is 4.20. The molecule has 1 aliphatic rings. The Hall–Kier alpha value is -2.44. The number of hydrogen-bond donors (Lipinski definition) is 2. The van der Waals surface area contributed by atoms with E-state index < -0.39 is 11.7 Å². The van der Waals surface area contributed by atoms with Crippen LogP contribution in [0.1, 0.15) is 41.9 Å². The van der Waals surface area contributed by atoms with Gasteiger partial charge in [-0.1, -0.05) is 0 Å². The van der Waals surface area contributed by atoms with E-state index in [4.69, 9.17) is 5.73 Å². The molecule has 1 aromatic heterocycles. The standard InChI is InChI=1S/C15H17FN4O2/c1-8(21)20-6-4-9(5-7-20)15-18-11-3-2-10(16)12(14(17)22)13(11)19-15/h2-3,9H,4-7H2,1H3,(H2,17,22)(H,18,19). The number of nitrogens with one attached hydrogen (secondary N) is 1. The first-order valence-electron chi connectivity index (χ1n) is 7.21. The van der Waals surface area contributed by atoms with Gasteiger partial charge in [0.15, 0.2) is 0 Å². The number of piperidine rings is 1. The fourth-order valence-electron chi connectivity index (χ4n) is 2.97. The number of carbonyl (C=O) groups excluding carboxylic acids is 2. The van der Waals surface area contributed by atoms with E-state index in [0.717, 1.165) is 12.8 Å². The van der Waals surface area contributed by atoms with Crippen molar-refractivity contribution < 1.29 is 14.0 Å². The number of benzene rings is 1. The molecule has 0 radical (unpaired) electrons. The summed E-state index contributed by atoms with van der Waals surface area (Å²) in [5, 5.41) is 0. The predicted octanol–water partition coefficient (Wildman–Crippen LogP) is 1.53. The van der Waals surface area contributed by atoms with Gasteiger partial charge in [-0.2, -0.15) is 0 Å². The second-order valence-electron chi connectivity index (χ2n) is 5.59. The van der Waals surface area contributed by atoms with Crippen molar-refractivity contribution in [2.45, 2.75) is 25.7 Å². The topological polar surface area (TPSA) is 92.1 Å². The van der Waals surface area contributed by atoms with E-state index in [-0.39, 0.29) is 22.9 Å². The van der Waals surface area contributed by atoms with Crippen LogP contribution in [-0.2, 0) is 4.79 Å². The molecule has 2 aromatic rings. The van der Waals surface area contributed by atoms with Gasteiger partial charge in [0.1, 0.15) is 22.7 Å². The summed E-state index contributed by atoms with van der Waals surface area (Å²) in [4.78, 5) is 32.1. The van der Waals surface area contributed by atoms with Crippen LogP contribution in [0.2, 0.25) is 0 Å². The van der Waals surface area contributed by atoms with E-state index in [0.29, 0.717) is 24.4 Å². The van der Waals surface area contributed by atoms with Crippen LogP contribution in [0.4, 0.5) is 4.39 Å². The summed E-state index contributed by atoms with van der Waals surface area (Å²) < 4.78 is 13.8. The number of rotatable bonds is 2.